The van der Waals surface area contributed by atoms with E-state index in [-0.39, 0.29) is 0 Å². The Labute approximate surface area is 111 Å². The molecule has 3 heterocycles. The van der Waals surface area contributed by atoms with Gasteiger partial charge in [0.15, 0.2) is 0 Å². The molecule has 1 fully saturated rings. The topological polar surface area (TPSA) is 55.8 Å². The van der Waals surface area contributed by atoms with Crippen LogP contribution in [0.3, 0.4) is 0 Å². The molecular weight excluding hydrogens is 242 g/mol. The third-order valence-electron chi connectivity index (χ3n) is 4.67. The summed E-state index contributed by atoms with van der Waals surface area (Å²) in [7, 11) is 0. The van der Waals surface area contributed by atoms with E-state index in [1.165, 1.54) is 16.9 Å². The predicted molar refractivity (Wildman–Crippen MR) is 73.0 cm³/mol. The van der Waals surface area contributed by atoms with Gasteiger partial charge in [-0.2, -0.15) is 0 Å². The number of likely N-dealkylation sites (tertiary alicyclic amines) is 1. The highest BCUT2D eigenvalue weighted by atomic mass is 16.4. The van der Waals surface area contributed by atoms with E-state index in [1.807, 2.05) is 0 Å². The third-order valence-corrected chi connectivity index (χ3v) is 4.67. The number of nitrogens with one attached hydrogen (secondary N) is 1. The molecule has 5 heteroatoms. The monoisotopic (exact) mass is 259 g/mol. The number of hydrogen-bond donors (Lipinski definition) is 2. The number of fused-ring (bicyclic) bond motifs is 3. The van der Waals surface area contributed by atoms with E-state index in [4.69, 9.17) is 0 Å². The number of amides is 1. The average molecular weight is 259 g/mol. The summed E-state index contributed by atoms with van der Waals surface area (Å²) in [4.78, 5) is 15.2. The molecule has 3 aliphatic rings. The predicted octanol–water partition coefficient (Wildman–Crippen LogP) is 1.77. The second-order valence-corrected chi connectivity index (χ2v) is 5.55. The van der Waals surface area contributed by atoms with Crippen molar-refractivity contribution in [2.75, 3.05) is 36.4 Å². The Bertz CT molecular complexity index is 545. The maximum atomic E-state index is 11.2. The van der Waals surface area contributed by atoms with Crippen molar-refractivity contribution in [3.63, 3.8) is 0 Å². The Hall–Kier alpha value is -1.91. The molecule has 0 radical (unpaired) electrons. The normalized spacial score (nSPS) is 27.6. The van der Waals surface area contributed by atoms with E-state index >= 15 is 0 Å². The van der Waals surface area contributed by atoms with Crippen LogP contribution in [0, 0.1) is 0 Å². The first kappa shape index (κ1) is 11.0. The van der Waals surface area contributed by atoms with Gasteiger partial charge in [-0.15, -0.1) is 0 Å². The molecule has 4 rings (SSSR count). The van der Waals surface area contributed by atoms with Crippen molar-refractivity contribution in [3.05, 3.63) is 23.8 Å². The van der Waals surface area contributed by atoms with E-state index in [0.717, 1.165) is 19.5 Å². The third kappa shape index (κ3) is 1.44. The van der Waals surface area contributed by atoms with Gasteiger partial charge >= 0.3 is 6.09 Å². The van der Waals surface area contributed by atoms with Crippen LogP contribution in [0.25, 0.3) is 0 Å². The summed E-state index contributed by atoms with van der Waals surface area (Å²) in [5.74, 6) is 0.333. The van der Waals surface area contributed by atoms with E-state index < -0.39 is 6.09 Å². The van der Waals surface area contributed by atoms with Gasteiger partial charge in [0.05, 0.1) is 11.4 Å². The van der Waals surface area contributed by atoms with Crippen LogP contribution in [0.2, 0.25) is 0 Å². The lowest BCUT2D eigenvalue weighted by Crippen LogP contribution is -2.49. The summed E-state index contributed by atoms with van der Waals surface area (Å²) < 4.78 is 0. The van der Waals surface area contributed by atoms with E-state index in [0.29, 0.717) is 25.0 Å². The molecule has 100 valence electrons. The van der Waals surface area contributed by atoms with E-state index in [1.54, 1.807) is 4.90 Å². The first-order valence-corrected chi connectivity index (χ1v) is 6.87. The van der Waals surface area contributed by atoms with Crippen LogP contribution in [0.15, 0.2) is 18.2 Å². The lowest BCUT2D eigenvalue weighted by atomic mass is 9.89. The zero-order valence-electron chi connectivity index (χ0n) is 10.7. The van der Waals surface area contributed by atoms with Crippen LogP contribution in [-0.4, -0.2) is 48.3 Å². The van der Waals surface area contributed by atoms with Gasteiger partial charge in [-0.3, -0.25) is 0 Å². The number of nitrogens with zero attached hydrogens (tertiary/aromatic N) is 2. The minimum atomic E-state index is -0.789. The highest BCUT2D eigenvalue weighted by molar-refractivity contribution is 5.80. The Morgan fingerprint density at radius 3 is 3.11 bits per heavy atom. The maximum absolute atomic E-state index is 11.2. The van der Waals surface area contributed by atoms with Crippen LogP contribution in [0.5, 0.6) is 0 Å². The summed E-state index contributed by atoms with van der Waals surface area (Å²) in [6, 6.07) is 6.84. The minimum Gasteiger partial charge on any atom is -0.465 e. The molecule has 3 aliphatic heterocycles. The van der Waals surface area contributed by atoms with Gasteiger partial charge in [-0.1, -0.05) is 12.1 Å². The van der Waals surface area contributed by atoms with Gasteiger partial charge in [-0.25, -0.2) is 4.79 Å². The van der Waals surface area contributed by atoms with Crippen molar-refractivity contribution >= 4 is 17.5 Å². The fraction of sp³-hybridized carbons (Fsp3) is 0.500. The molecule has 2 N–H and O–H groups in total. The zero-order valence-corrected chi connectivity index (χ0v) is 10.7. The fourth-order valence-corrected chi connectivity index (χ4v) is 3.87. The minimum absolute atomic E-state index is 0.333. The summed E-state index contributed by atoms with van der Waals surface area (Å²) in [6.07, 6.45) is 0.146. The molecule has 1 aromatic rings. The summed E-state index contributed by atoms with van der Waals surface area (Å²) in [5, 5.41) is 12.6. The molecule has 19 heavy (non-hydrogen) atoms. The van der Waals surface area contributed by atoms with Crippen molar-refractivity contribution in [1.29, 1.82) is 0 Å². The molecule has 0 aromatic heterocycles. The Kier molecular flexibility index (Phi) is 2.19. The number of hydrogen-bond acceptors (Lipinski definition) is 3. The van der Waals surface area contributed by atoms with Crippen molar-refractivity contribution in [3.8, 4) is 0 Å². The molecule has 1 amide bonds. The van der Waals surface area contributed by atoms with Crippen molar-refractivity contribution in [2.24, 2.45) is 0 Å². The molecule has 0 aliphatic carbocycles. The number of anilines is 2. The average Bonchev–Trinajstić information content (AvgIpc) is 2.76. The highest BCUT2D eigenvalue weighted by Gasteiger charge is 2.44. The zero-order chi connectivity index (χ0) is 13.0. The first-order chi connectivity index (χ1) is 9.25. The Balaban J connectivity index is 1.76. The second kappa shape index (κ2) is 3.79. The lowest BCUT2D eigenvalue weighted by molar-refractivity contribution is 0.127. The number of rotatable bonds is 0. The Morgan fingerprint density at radius 1 is 1.37 bits per heavy atom. The van der Waals surface area contributed by atoms with Gasteiger partial charge in [0.2, 0.25) is 0 Å². The Morgan fingerprint density at radius 2 is 2.26 bits per heavy atom. The van der Waals surface area contributed by atoms with Gasteiger partial charge in [-0.05, 0) is 18.1 Å². The second-order valence-electron chi connectivity index (χ2n) is 5.55. The molecule has 0 spiro atoms. The number of piperidine rings is 1. The number of benzene rings is 1. The smallest absolute Gasteiger partial charge is 0.407 e. The van der Waals surface area contributed by atoms with Crippen LogP contribution >= 0.6 is 0 Å². The standard InChI is InChI=1S/C14H17N3O2/c18-14(19)16-6-4-12-10(8-16)9-2-1-3-11-13(9)17(12)7-5-15-11/h1-3,10,12,15H,4-8H2,(H,18,19). The first-order valence-electron chi connectivity index (χ1n) is 6.87. The summed E-state index contributed by atoms with van der Waals surface area (Å²) in [5.41, 5.74) is 3.84. The number of para-hydroxylation sites is 1. The van der Waals surface area contributed by atoms with Crippen molar-refractivity contribution in [1.82, 2.24) is 4.90 Å². The van der Waals surface area contributed by atoms with Crippen LogP contribution in [-0.2, 0) is 0 Å². The van der Waals surface area contributed by atoms with E-state index in [2.05, 4.69) is 28.4 Å². The summed E-state index contributed by atoms with van der Waals surface area (Å²) >= 11 is 0. The fourth-order valence-electron chi connectivity index (χ4n) is 3.87. The van der Waals surface area contributed by atoms with Crippen molar-refractivity contribution in [2.45, 2.75) is 18.4 Å². The van der Waals surface area contributed by atoms with Gasteiger partial charge in [0.1, 0.15) is 0 Å². The summed E-state index contributed by atoms with van der Waals surface area (Å²) in [6.45, 7) is 3.29. The SMILES string of the molecule is O=C(O)N1CCC2C(C1)c1cccc3c1N2CCN3. The maximum Gasteiger partial charge on any atom is 0.407 e. The molecule has 0 saturated carbocycles. The van der Waals surface area contributed by atoms with Crippen LogP contribution in [0.1, 0.15) is 17.9 Å². The van der Waals surface area contributed by atoms with Crippen LogP contribution in [0.4, 0.5) is 16.2 Å². The van der Waals surface area contributed by atoms with Crippen molar-refractivity contribution < 1.29 is 9.90 Å². The van der Waals surface area contributed by atoms with Gasteiger partial charge in [0, 0.05) is 38.1 Å². The quantitative estimate of drug-likeness (QED) is 0.745. The van der Waals surface area contributed by atoms with E-state index in [9.17, 15) is 9.90 Å². The molecule has 1 saturated heterocycles. The lowest BCUT2D eigenvalue weighted by Gasteiger charge is -2.39. The largest absolute Gasteiger partial charge is 0.465 e. The molecule has 2 atom stereocenters. The number of carbonyl (C=O) groups is 1. The van der Waals surface area contributed by atoms with Gasteiger partial charge < -0.3 is 20.2 Å². The highest BCUT2D eigenvalue weighted by Crippen LogP contribution is 2.49. The molecule has 0 bridgehead atoms. The molecule has 5 nitrogen and oxygen atoms in total. The molecule has 2 unspecified atom stereocenters. The van der Waals surface area contributed by atoms with Gasteiger partial charge in [0.25, 0.3) is 0 Å². The molecular formula is C14H17N3O2. The van der Waals surface area contributed by atoms with Crippen LogP contribution < -0.4 is 10.2 Å². The molecule has 1 aromatic carbocycles. The number of carboxylic acid groups (broad SMARTS) is 1.